The van der Waals surface area contributed by atoms with Gasteiger partial charge in [-0.15, -0.1) is 0 Å². The van der Waals surface area contributed by atoms with Crippen LogP contribution in [0.2, 0.25) is 0 Å². The zero-order valence-electron chi connectivity index (χ0n) is 9.51. The first kappa shape index (κ1) is 9.99. The third kappa shape index (κ3) is 1.68. The maximum atomic E-state index is 4.36. The fourth-order valence-electron chi connectivity index (χ4n) is 1.94. The first-order valence-corrected chi connectivity index (χ1v) is 5.56. The summed E-state index contributed by atoms with van der Waals surface area (Å²) in [7, 11) is 2.03. The number of fused-ring (bicyclic) bond motifs is 1. The van der Waals surface area contributed by atoms with Crippen molar-refractivity contribution in [1.29, 1.82) is 0 Å². The number of hydrogen-bond acceptors (Lipinski definition) is 2. The Hall–Kier alpha value is -2.20. The number of aromatic nitrogens is 3. The van der Waals surface area contributed by atoms with E-state index in [0.29, 0.717) is 0 Å². The lowest BCUT2D eigenvalue weighted by Crippen LogP contribution is -2.72. The van der Waals surface area contributed by atoms with Gasteiger partial charge in [-0.25, -0.2) is 9.97 Å². The molecule has 0 aliphatic carbocycles. The number of quaternary nitrogens is 1. The van der Waals surface area contributed by atoms with Crippen LogP contribution in [0.3, 0.4) is 0 Å². The second-order valence-electron chi connectivity index (χ2n) is 3.87. The Morgan fingerprint density at radius 2 is 1.88 bits per heavy atom. The van der Waals surface area contributed by atoms with E-state index in [4.69, 9.17) is 0 Å². The number of nitrogens with two attached hydrogens (primary N) is 1. The van der Waals surface area contributed by atoms with Gasteiger partial charge >= 0.3 is 0 Å². The van der Waals surface area contributed by atoms with E-state index >= 15 is 0 Å². The molecule has 4 nitrogen and oxygen atoms in total. The highest BCUT2D eigenvalue weighted by atomic mass is 14.9. The monoisotopic (exact) mass is 225 g/mol. The molecule has 3 rings (SSSR count). The zero-order chi connectivity index (χ0) is 11.7. The van der Waals surface area contributed by atoms with Crippen LogP contribution in [0, 0.1) is 0 Å². The number of benzene rings is 1. The Bertz CT molecular complexity index is 640. The van der Waals surface area contributed by atoms with E-state index in [1.165, 1.54) is 5.69 Å². The molecule has 0 bridgehead atoms. The molecule has 0 amide bonds. The van der Waals surface area contributed by atoms with Crippen LogP contribution in [0.4, 0.5) is 5.69 Å². The average Bonchev–Trinajstić information content (AvgIpc) is 2.87. The second kappa shape index (κ2) is 3.99. The molecule has 0 spiro atoms. The Labute approximate surface area is 98.7 Å². The van der Waals surface area contributed by atoms with Crippen molar-refractivity contribution >= 4 is 16.7 Å². The molecule has 3 N–H and O–H groups in total. The lowest BCUT2D eigenvalue weighted by molar-refractivity contribution is -0.539. The summed E-state index contributed by atoms with van der Waals surface area (Å²) in [5, 5.41) is 3.14. The van der Waals surface area contributed by atoms with Crippen LogP contribution in [-0.2, 0) is 0 Å². The SMILES string of the molecule is C[NH2+]c1ccc(-c2ncnc3[nH]ccc23)cc1. The lowest BCUT2D eigenvalue weighted by atomic mass is 10.1. The summed E-state index contributed by atoms with van der Waals surface area (Å²) in [6.45, 7) is 0. The van der Waals surface area contributed by atoms with E-state index in [1.54, 1.807) is 6.33 Å². The summed E-state index contributed by atoms with van der Waals surface area (Å²) >= 11 is 0. The van der Waals surface area contributed by atoms with Crippen molar-refractivity contribution in [3.63, 3.8) is 0 Å². The molecular weight excluding hydrogens is 212 g/mol. The smallest absolute Gasteiger partial charge is 0.141 e. The van der Waals surface area contributed by atoms with Crippen LogP contribution in [0.15, 0.2) is 42.9 Å². The van der Waals surface area contributed by atoms with Crippen molar-refractivity contribution in [2.75, 3.05) is 7.05 Å². The van der Waals surface area contributed by atoms with Crippen LogP contribution in [0.1, 0.15) is 0 Å². The van der Waals surface area contributed by atoms with Crippen LogP contribution < -0.4 is 5.32 Å². The summed E-state index contributed by atoms with van der Waals surface area (Å²) in [6, 6.07) is 10.4. The largest absolute Gasteiger partial charge is 0.346 e. The van der Waals surface area contributed by atoms with E-state index < -0.39 is 0 Å². The van der Waals surface area contributed by atoms with Crippen LogP contribution in [-0.4, -0.2) is 22.0 Å². The number of nitrogens with one attached hydrogen (secondary N) is 1. The van der Waals surface area contributed by atoms with Gasteiger partial charge in [0, 0.05) is 17.1 Å². The van der Waals surface area contributed by atoms with E-state index in [1.807, 2.05) is 19.3 Å². The first-order chi connectivity index (χ1) is 8.38. The molecule has 0 saturated heterocycles. The Balaban J connectivity index is 2.16. The number of nitrogens with zero attached hydrogens (tertiary/aromatic N) is 2. The predicted molar refractivity (Wildman–Crippen MR) is 66.8 cm³/mol. The summed E-state index contributed by atoms with van der Waals surface area (Å²) in [6.07, 6.45) is 3.48. The standard InChI is InChI=1S/C13H12N4/c1-14-10-4-2-9(3-5-10)12-11-6-7-15-13(11)17-8-16-12/h2-8,14H,1H3,(H,15,16,17)/p+1. The first-order valence-electron chi connectivity index (χ1n) is 5.56. The molecule has 0 atom stereocenters. The molecule has 1 aromatic carbocycles. The third-order valence-corrected chi connectivity index (χ3v) is 2.87. The van der Waals surface area contributed by atoms with Gasteiger partial charge in [-0.1, -0.05) is 0 Å². The molecule has 3 aromatic rings. The summed E-state index contributed by atoms with van der Waals surface area (Å²) < 4.78 is 0. The van der Waals surface area contributed by atoms with Gasteiger partial charge < -0.3 is 10.3 Å². The van der Waals surface area contributed by atoms with Crippen molar-refractivity contribution in [1.82, 2.24) is 15.0 Å². The maximum Gasteiger partial charge on any atom is 0.141 e. The Morgan fingerprint density at radius 3 is 2.65 bits per heavy atom. The van der Waals surface area contributed by atoms with Gasteiger partial charge in [-0.3, -0.25) is 0 Å². The molecule has 2 heterocycles. The summed E-state index contributed by atoms with van der Waals surface area (Å²) in [4.78, 5) is 11.6. The third-order valence-electron chi connectivity index (χ3n) is 2.87. The van der Waals surface area contributed by atoms with Gasteiger partial charge in [0.25, 0.3) is 0 Å². The fourth-order valence-corrected chi connectivity index (χ4v) is 1.94. The highest BCUT2D eigenvalue weighted by Gasteiger charge is 2.06. The lowest BCUT2D eigenvalue weighted by Gasteiger charge is -2.02. The highest BCUT2D eigenvalue weighted by Crippen LogP contribution is 2.24. The van der Waals surface area contributed by atoms with Crippen molar-refractivity contribution in [3.05, 3.63) is 42.9 Å². The minimum absolute atomic E-state index is 0.876. The fraction of sp³-hybridized carbons (Fsp3) is 0.0769. The van der Waals surface area contributed by atoms with E-state index in [9.17, 15) is 0 Å². The van der Waals surface area contributed by atoms with Crippen LogP contribution in [0.25, 0.3) is 22.3 Å². The van der Waals surface area contributed by atoms with Crippen molar-refractivity contribution in [3.8, 4) is 11.3 Å². The highest BCUT2D eigenvalue weighted by molar-refractivity contribution is 5.90. The summed E-state index contributed by atoms with van der Waals surface area (Å²) in [5.74, 6) is 0. The van der Waals surface area contributed by atoms with Gasteiger partial charge in [0.05, 0.1) is 12.7 Å². The van der Waals surface area contributed by atoms with Crippen LogP contribution >= 0.6 is 0 Å². The maximum absolute atomic E-state index is 4.36. The average molecular weight is 225 g/mol. The Morgan fingerprint density at radius 1 is 1.06 bits per heavy atom. The molecule has 84 valence electrons. The van der Waals surface area contributed by atoms with E-state index in [-0.39, 0.29) is 0 Å². The van der Waals surface area contributed by atoms with Gasteiger partial charge in [-0.2, -0.15) is 0 Å². The number of rotatable bonds is 2. The van der Waals surface area contributed by atoms with Gasteiger partial charge in [0.2, 0.25) is 0 Å². The molecule has 17 heavy (non-hydrogen) atoms. The summed E-state index contributed by atoms with van der Waals surface area (Å²) in [5.41, 5.74) is 4.18. The normalized spacial score (nSPS) is 10.9. The minimum atomic E-state index is 0.876. The molecule has 0 unspecified atom stereocenters. The number of H-pyrrole nitrogens is 1. The van der Waals surface area contributed by atoms with Crippen LogP contribution in [0.5, 0.6) is 0 Å². The number of hydrogen-bond donors (Lipinski definition) is 2. The van der Waals surface area contributed by atoms with Gasteiger partial charge in [-0.05, 0) is 30.3 Å². The van der Waals surface area contributed by atoms with Crippen molar-refractivity contribution in [2.24, 2.45) is 0 Å². The molecule has 0 saturated carbocycles. The minimum Gasteiger partial charge on any atom is -0.346 e. The quantitative estimate of drug-likeness (QED) is 0.648. The molecule has 4 heteroatoms. The molecule has 0 aliphatic heterocycles. The molecular formula is C13H13N4+. The van der Waals surface area contributed by atoms with Crippen molar-refractivity contribution in [2.45, 2.75) is 0 Å². The van der Waals surface area contributed by atoms with Crippen molar-refractivity contribution < 1.29 is 5.32 Å². The topological polar surface area (TPSA) is 58.2 Å². The predicted octanol–water partition coefficient (Wildman–Crippen LogP) is 1.45. The molecule has 2 aromatic heterocycles. The zero-order valence-corrected chi connectivity index (χ0v) is 9.51. The van der Waals surface area contributed by atoms with Gasteiger partial charge in [0.15, 0.2) is 0 Å². The second-order valence-corrected chi connectivity index (χ2v) is 3.87. The van der Waals surface area contributed by atoms with E-state index in [0.717, 1.165) is 22.3 Å². The molecule has 0 radical (unpaired) electrons. The Kier molecular flexibility index (Phi) is 2.34. The molecule has 0 fully saturated rings. The van der Waals surface area contributed by atoms with E-state index in [2.05, 4.69) is 44.5 Å². The number of aromatic amines is 1. The molecule has 0 aliphatic rings. The van der Waals surface area contributed by atoms with Gasteiger partial charge in [0.1, 0.15) is 17.7 Å².